The number of para-hydroxylation sites is 1. The Morgan fingerprint density at radius 1 is 1.30 bits per heavy atom. The van der Waals surface area contributed by atoms with E-state index >= 15 is 0 Å². The van der Waals surface area contributed by atoms with E-state index in [4.69, 9.17) is 10.5 Å². The summed E-state index contributed by atoms with van der Waals surface area (Å²) < 4.78 is 10.1. The van der Waals surface area contributed by atoms with Crippen molar-refractivity contribution in [3.8, 4) is 5.75 Å². The number of nitrogens with zero attached hydrogens (tertiary/aromatic N) is 2. The Kier molecular flexibility index (Phi) is 6.02. The molecule has 0 heterocycles. The van der Waals surface area contributed by atoms with Crippen LogP contribution in [0.3, 0.4) is 0 Å². The van der Waals surface area contributed by atoms with E-state index in [-0.39, 0.29) is 19.0 Å². The molecule has 2 amide bonds. The molecule has 7 heteroatoms. The molecule has 20 heavy (non-hydrogen) atoms. The number of hydrogen-bond donors (Lipinski definition) is 1. The molecular formula is C13H17N3O4. The van der Waals surface area contributed by atoms with Gasteiger partial charge >= 0.3 is 12.1 Å². The number of ether oxygens (including phenoxy) is 2. The van der Waals surface area contributed by atoms with Gasteiger partial charge in [0.1, 0.15) is 5.75 Å². The van der Waals surface area contributed by atoms with Crippen LogP contribution in [0, 0.1) is 0 Å². The Labute approximate surface area is 117 Å². The third kappa shape index (κ3) is 4.60. The van der Waals surface area contributed by atoms with Crippen LogP contribution in [0.2, 0.25) is 0 Å². The predicted molar refractivity (Wildman–Crippen MR) is 73.4 cm³/mol. The third-order valence-electron chi connectivity index (χ3n) is 2.35. The summed E-state index contributed by atoms with van der Waals surface area (Å²) in [4.78, 5) is 27.6. The zero-order valence-electron chi connectivity index (χ0n) is 11.4. The molecule has 0 aliphatic heterocycles. The van der Waals surface area contributed by atoms with Gasteiger partial charge in [-0.15, -0.1) is 0 Å². The van der Waals surface area contributed by atoms with Crippen molar-refractivity contribution in [3.05, 3.63) is 30.3 Å². The molecule has 0 aromatic heterocycles. The number of primary amides is 1. The van der Waals surface area contributed by atoms with Crippen LogP contribution in [0.4, 0.5) is 4.79 Å². The fraction of sp³-hybridized carbons (Fsp3) is 0.308. The van der Waals surface area contributed by atoms with E-state index in [1.165, 1.54) is 14.2 Å². The number of methoxy groups -OCH3 is 1. The van der Waals surface area contributed by atoms with E-state index in [1.54, 1.807) is 24.3 Å². The average Bonchev–Trinajstić information content (AvgIpc) is 2.46. The van der Waals surface area contributed by atoms with Crippen LogP contribution in [0.25, 0.3) is 0 Å². The van der Waals surface area contributed by atoms with Gasteiger partial charge < -0.3 is 15.2 Å². The van der Waals surface area contributed by atoms with Crippen LogP contribution in [0.5, 0.6) is 5.75 Å². The van der Waals surface area contributed by atoms with Crippen molar-refractivity contribution in [3.63, 3.8) is 0 Å². The van der Waals surface area contributed by atoms with E-state index in [2.05, 4.69) is 9.73 Å². The summed E-state index contributed by atoms with van der Waals surface area (Å²) in [5.74, 6) is -0.0184. The van der Waals surface area contributed by atoms with Gasteiger partial charge in [-0.2, -0.15) is 0 Å². The number of carbonyl (C=O) groups is 2. The first-order valence-corrected chi connectivity index (χ1v) is 5.92. The van der Waals surface area contributed by atoms with Gasteiger partial charge in [0.2, 0.25) is 5.91 Å². The Morgan fingerprint density at radius 2 is 1.95 bits per heavy atom. The van der Waals surface area contributed by atoms with Crippen LogP contribution >= 0.6 is 0 Å². The molecule has 0 saturated heterocycles. The normalized spacial score (nSPS) is 10.8. The van der Waals surface area contributed by atoms with E-state index in [0.29, 0.717) is 5.75 Å². The van der Waals surface area contributed by atoms with E-state index in [0.717, 1.165) is 4.90 Å². The summed E-state index contributed by atoms with van der Waals surface area (Å²) in [7, 11) is 2.70. The van der Waals surface area contributed by atoms with Crippen molar-refractivity contribution in [2.45, 2.75) is 6.42 Å². The first-order chi connectivity index (χ1) is 9.58. The molecule has 0 atom stereocenters. The fourth-order valence-electron chi connectivity index (χ4n) is 1.41. The smallest absolute Gasteiger partial charge is 0.417 e. The Bertz CT molecular complexity index is 488. The third-order valence-corrected chi connectivity index (χ3v) is 2.35. The summed E-state index contributed by atoms with van der Waals surface area (Å²) in [6.07, 6.45) is -0.700. The molecule has 0 radical (unpaired) electrons. The van der Waals surface area contributed by atoms with Crippen LogP contribution in [0.15, 0.2) is 35.3 Å². The minimum Gasteiger partial charge on any atom is -0.452 e. The van der Waals surface area contributed by atoms with Crippen molar-refractivity contribution in [1.29, 1.82) is 0 Å². The van der Waals surface area contributed by atoms with Crippen LogP contribution in [-0.4, -0.2) is 43.6 Å². The molecule has 7 nitrogen and oxygen atoms in total. The molecule has 0 aliphatic carbocycles. The lowest BCUT2D eigenvalue weighted by atomic mass is 10.3. The maximum Gasteiger partial charge on any atom is 0.417 e. The Morgan fingerprint density at radius 3 is 2.45 bits per heavy atom. The number of benzene rings is 1. The van der Waals surface area contributed by atoms with E-state index < -0.39 is 12.0 Å². The van der Waals surface area contributed by atoms with Crippen LogP contribution in [-0.2, 0) is 9.53 Å². The monoisotopic (exact) mass is 279 g/mol. The number of nitrogens with two attached hydrogens (primary N) is 1. The molecule has 1 aromatic carbocycles. The lowest BCUT2D eigenvalue weighted by Gasteiger charge is -2.21. The largest absolute Gasteiger partial charge is 0.452 e. The van der Waals surface area contributed by atoms with Crippen molar-refractivity contribution < 1.29 is 19.1 Å². The highest BCUT2D eigenvalue weighted by Gasteiger charge is 2.22. The highest BCUT2D eigenvalue weighted by atomic mass is 16.6. The molecule has 2 N–H and O–H groups in total. The Hall–Kier alpha value is -2.57. The molecule has 0 saturated carbocycles. The summed E-state index contributed by atoms with van der Waals surface area (Å²) in [5, 5.41) is 0. The van der Waals surface area contributed by atoms with Gasteiger partial charge in [-0.25, -0.2) is 14.7 Å². The second kappa shape index (κ2) is 7.78. The van der Waals surface area contributed by atoms with E-state index in [1.807, 2.05) is 6.07 Å². The van der Waals surface area contributed by atoms with Gasteiger partial charge in [0.05, 0.1) is 7.11 Å². The second-order valence-corrected chi connectivity index (χ2v) is 3.76. The predicted octanol–water partition coefficient (Wildman–Crippen LogP) is 0.995. The second-order valence-electron chi connectivity index (χ2n) is 3.76. The molecule has 0 spiro atoms. The molecule has 0 aliphatic rings. The minimum atomic E-state index is -0.678. The summed E-state index contributed by atoms with van der Waals surface area (Å²) in [6.45, 7) is 0.0293. The molecule has 0 unspecified atom stereocenters. The highest BCUT2D eigenvalue weighted by molar-refractivity contribution is 5.92. The fourth-order valence-corrected chi connectivity index (χ4v) is 1.41. The van der Waals surface area contributed by atoms with Crippen molar-refractivity contribution in [2.24, 2.45) is 10.7 Å². The maximum atomic E-state index is 11.7. The molecule has 1 rings (SSSR count). The number of amides is 2. The quantitative estimate of drug-likeness (QED) is 0.657. The summed E-state index contributed by atoms with van der Waals surface area (Å²) >= 11 is 0. The first kappa shape index (κ1) is 15.5. The zero-order chi connectivity index (χ0) is 15.0. The first-order valence-electron chi connectivity index (χ1n) is 5.92. The van der Waals surface area contributed by atoms with Gasteiger partial charge in [-0.05, 0) is 12.1 Å². The topological polar surface area (TPSA) is 94.2 Å². The van der Waals surface area contributed by atoms with Crippen molar-refractivity contribution in [1.82, 2.24) is 4.90 Å². The Balaban J connectivity index is 2.85. The summed E-state index contributed by atoms with van der Waals surface area (Å²) in [5.41, 5.74) is 5.08. The number of carbonyl (C=O) groups excluding carboxylic acids is 2. The standard InChI is InChI=1S/C13H17N3O4/c1-15-12(20-10-6-4-3-5-7-10)16(13(18)19-2)9-8-11(14)17/h3-7H,8-9H2,1-2H3,(H2,14,17). The molecule has 0 bridgehead atoms. The summed E-state index contributed by atoms with van der Waals surface area (Å²) in [6, 6.07) is 8.87. The lowest BCUT2D eigenvalue weighted by Crippen LogP contribution is -2.41. The van der Waals surface area contributed by atoms with Gasteiger partial charge in [0.15, 0.2) is 0 Å². The van der Waals surface area contributed by atoms with Gasteiger partial charge in [-0.3, -0.25) is 4.79 Å². The minimum absolute atomic E-state index is 0.0216. The van der Waals surface area contributed by atoms with Gasteiger partial charge in [0, 0.05) is 20.0 Å². The average molecular weight is 279 g/mol. The van der Waals surface area contributed by atoms with Crippen LogP contribution in [0.1, 0.15) is 6.42 Å². The van der Waals surface area contributed by atoms with Gasteiger partial charge in [0.25, 0.3) is 0 Å². The van der Waals surface area contributed by atoms with Crippen LogP contribution < -0.4 is 10.5 Å². The molecule has 0 fully saturated rings. The lowest BCUT2D eigenvalue weighted by molar-refractivity contribution is -0.118. The van der Waals surface area contributed by atoms with Gasteiger partial charge in [-0.1, -0.05) is 18.2 Å². The maximum absolute atomic E-state index is 11.7. The van der Waals surface area contributed by atoms with Crippen molar-refractivity contribution >= 4 is 18.0 Å². The highest BCUT2D eigenvalue weighted by Crippen LogP contribution is 2.11. The van der Waals surface area contributed by atoms with Crippen molar-refractivity contribution in [2.75, 3.05) is 20.7 Å². The molecule has 108 valence electrons. The number of rotatable bonds is 4. The number of aliphatic imine (C=N–C) groups is 1. The number of amidine groups is 1. The molecule has 1 aromatic rings. The van der Waals surface area contributed by atoms with E-state index in [9.17, 15) is 9.59 Å². The SMILES string of the molecule is CN=C(Oc1ccccc1)N(CCC(N)=O)C(=O)OC. The zero-order valence-corrected chi connectivity index (χ0v) is 11.4. The molecular weight excluding hydrogens is 262 g/mol. The number of hydrogen-bond acceptors (Lipinski definition) is 5.